The first-order valence-electron chi connectivity index (χ1n) is 23.1. The van der Waals surface area contributed by atoms with Gasteiger partial charge >= 0.3 is 19.8 Å². The van der Waals surface area contributed by atoms with Crippen molar-refractivity contribution >= 4 is 19.8 Å². The molecule has 0 aliphatic carbocycles. The Balaban J connectivity index is 4.11. The molecule has 3 unspecified atom stereocenters. The number of nitrogens with two attached hydrogens (primary N) is 1. The molecule has 0 bridgehead atoms. The van der Waals surface area contributed by atoms with Crippen molar-refractivity contribution in [3.8, 4) is 0 Å². The maximum atomic E-state index is 12.6. The number of unbranched alkanes of at least 4 members (excludes halogenated alkanes) is 31. The Kier molecular flexibility index (Phi) is 40.4. The fourth-order valence-corrected chi connectivity index (χ4v) is 7.56. The van der Waals surface area contributed by atoms with Crippen LogP contribution in [0.25, 0.3) is 0 Å². The van der Waals surface area contributed by atoms with Gasteiger partial charge in [-0.15, -0.1) is 0 Å². The van der Waals surface area contributed by atoms with Gasteiger partial charge in [0.15, 0.2) is 0 Å². The molecule has 0 aromatic rings. The van der Waals surface area contributed by atoms with Gasteiger partial charge in [-0.2, -0.15) is 0 Å². The van der Waals surface area contributed by atoms with Crippen molar-refractivity contribution in [2.24, 2.45) is 5.73 Å². The number of esters is 1. The standard InChI is InChI=1S/C44H88NO9P/c1-3-5-7-9-11-13-15-17-18-19-20-21-22-23-25-27-29-31-33-35-37-51-38-41(39-52-55(49,50)53-40-42(45)44(47)48)54-43(46)36-34-32-30-28-26-24-16-14-12-10-8-6-4-2/h41-42H,3-40,45H2,1-2H3,(H,47,48)(H,49,50). The Labute approximate surface area is 338 Å². The number of carbonyl (C=O) groups is 2. The molecule has 328 valence electrons. The van der Waals surface area contributed by atoms with E-state index in [0.29, 0.717) is 6.61 Å². The molecule has 4 N–H and O–H groups in total. The van der Waals surface area contributed by atoms with E-state index in [4.69, 9.17) is 29.4 Å². The van der Waals surface area contributed by atoms with Crippen LogP contribution < -0.4 is 5.73 Å². The van der Waals surface area contributed by atoms with Crippen LogP contribution in [0.3, 0.4) is 0 Å². The SMILES string of the molecule is CCCCCCCCCCCCCCCCCCCCCCOCC(COP(=O)(O)OCC(N)C(=O)O)OC(=O)CCCCCCCCCCCCCCC. The lowest BCUT2D eigenvalue weighted by Gasteiger charge is -2.20. The van der Waals surface area contributed by atoms with Gasteiger partial charge in [0.2, 0.25) is 0 Å². The molecule has 0 aliphatic rings. The highest BCUT2D eigenvalue weighted by atomic mass is 31.2. The highest BCUT2D eigenvalue weighted by Crippen LogP contribution is 2.43. The second-order valence-electron chi connectivity index (χ2n) is 15.9. The van der Waals surface area contributed by atoms with Crippen molar-refractivity contribution in [1.82, 2.24) is 0 Å². The molecule has 0 radical (unpaired) electrons. The lowest BCUT2D eigenvalue weighted by Crippen LogP contribution is -2.34. The van der Waals surface area contributed by atoms with Gasteiger partial charge < -0.3 is 25.2 Å². The predicted molar refractivity (Wildman–Crippen MR) is 226 cm³/mol. The molecule has 0 amide bonds. The maximum Gasteiger partial charge on any atom is 0.472 e. The van der Waals surface area contributed by atoms with Crippen LogP contribution in [-0.2, 0) is 32.7 Å². The largest absolute Gasteiger partial charge is 0.480 e. The average molecular weight is 806 g/mol. The van der Waals surface area contributed by atoms with E-state index in [1.54, 1.807) is 0 Å². The fourth-order valence-electron chi connectivity index (χ4n) is 6.78. The molecule has 0 spiro atoms. The van der Waals surface area contributed by atoms with Crippen molar-refractivity contribution in [2.45, 2.75) is 244 Å². The Morgan fingerprint density at radius 2 is 0.836 bits per heavy atom. The number of hydrogen-bond donors (Lipinski definition) is 3. The Morgan fingerprint density at radius 3 is 1.20 bits per heavy atom. The van der Waals surface area contributed by atoms with Crippen LogP contribution in [0.2, 0.25) is 0 Å². The minimum Gasteiger partial charge on any atom is -0.480 e. The number of phosphoric acid groups is 1. The zero-order valence-electron chi connectivity index (χ0n) is 35.8. The van der Waals surface area contributed by atoms with E-state index in [0.717, 1.165) is 38.5 Å². The summed E-state index contributed by atoms with van der Waals surface area (Å²) in [5, 5.41) is 8.90. The third-order valence-corrected chi connectivity index (χ3v) is 11.3. The van der Waals surface area contributed by atoms with Crippen LogP contribution in [0.1, 0.15) is 232 Å². The van der Waals surface area contributed by atoms with Gasteiger partial charge in [0.1, 0.15) is 12.1 Å². The molecular formula is C44H88NO9P. The summed E-state index contributed by atoms with van der Waals surface area (Å²) in [5.41, 5.74) is 5.36. The first-order chi connectivity index (χ1) is 26.7. The number of carboxylic acid groups (broad SMARTS) is 1. The van der Waals surface area contributed by atoms with Gasteiger partial charge in [-0.25, -0.2) is 4.57 Å². The summed E-state index contributed by atoms with van der Waals surface area (Å²) in [5.74, 6) is -1.76. The quantitative estimate of drug-likeness (QED) is 0.0308. The molecule has 11 heteroatoms. The molecule has 0 aliphatic heterocycles. The average Bonchev–Trinajstić information content (AvgIpc) is 3.16. The van der Waals surface area contributed by atoms with Gasteiger partial charge in [0.25, 0.3) is 0 Å². The minimum atomic E-state index is -4.61. The number of phosphoric ester groups is 1. The number of carboxylic acids is 1. The zero-order chi connectivity index (χ0) is 40.5. The molecule has 55 heavy (non-hydrogen) atoms. The van der Waals surface area contributed by atoms with Gasteiger partial charge in [-0.05, 0) is 12.8 Å². The van der Waals surface area contributed by atoms with Gasteiger partial charge in [0.05, 0.1) is 19.8 Å². The monoisotopic (exact) mass is 806 g/mol. The number of ether oxygens (including phenoxy) is 2. The second-order valence-corrected chi connectivity index (χ2v) is 17.4. The molecule has 10 nitrogen and oxygen atoms in total. The number of aliphatic carboxylic acids is 1. The third kappa shape index (κ3) is 40.9. The highest BCUT2D eigenvalue weighted by Gasteiger charge is 2.27. The van der Waals surface area contributed by atoms with E-state index >= 15 is 0 Å². The first kappa shape index (κ1) is 54.0. The lowest BCUT2D eigenvalue weighted by atomic mass is 10.0. The third-order valence-electron chi connectivity index (χ3n) is 10.4. The smallest absolute Gasteiger partial charge is 0.472 e. The van der Waals surface area contributed by atoms with E-state index in [-0.39, 0.29) is 13.0 Å². The molecule has 0 aromatic carbocycles. The summed E-state index contributed by atoms with van der Waals surface area (Å²) in [6.45, 7) is 3.93. The van der Waals surface area contributed by atoms with Crippen molar-refractivity contribution in [3.05, 3.63) is 0 Å². The zero-order valence-corrected chi connectivity index (χ0v) is 36.7. The molecule has 0 saturated heterocycles. The van der Waals surface area contributed by atoms with Crippen LogP contribution in [-0.4, -0.2) is 60.5 Å². The topological polar surface area (TPSA) is 155 Å². The first-order valence-corrected chi connectivity index (χ1v) is 24.6. The summed E-state index contributed by atoms with van der Waals surface area (Å²) in [6.07, 6.45) is 41.5. The van der Waals surface area contributed by atoms with Crippen molar-refractivity contribution in [1.29, 1.82) is 0 Å². The molecule has 0 aromatic heterocycles. The van der Waals surface area contributed by atoms with Crippen molar-refractivity contribution in [2.75, 3.05) is 26.4 Å². The van der Waals surface area contributed by atoms with Gasteiger partial charge in [-0.3, -0.25) is 18.6 Å². The van der Waals surface area contributed by atoms with E-state index < -0.39 is 45.1 Å². The highest BCUT2D eigenvalue weighted by molar-refractivity contribution is 7.47. The van der Waals surface area contributed by atoms with Gasteiger partial charge in [0, 0.05) is 13.0 Å². The lowest BCUT2D eigenvalue weighted by molar-refractivity contribution is -0.154. The molecule has 0 heterocycles. The molecule has 0 saturated carbocycles. The molecule has 0 fully saturated rings. The molecule has 0 rings (SSSR count). The normalized spacial score (nSPS) is 13.8. The maximum absolute atomic E-state index is 12.6. The van der Waals surface area contributed by atoms with E-state index in [1.807, 2.05) is 0 Å². The summed E-state index contributed by atoms with van der Waals surface area (Å²) >= 11 is 0. The van der Waals surface area contributed by atoms with Gasteiger partial charge in [-0.1, -0.05) is 213 Å². The van der Waals surface area contributed by atoms with Crippen LogP contribution in [0.4, 0.5) is 0 Å². The Bertz CT molecular complexity index is 893. The summed E-state index contributed by atoms with van der Waals surface area (Å²) < 4.78 is 33.4. The summed E-state index contributed by atoms with van der Waals surface area (Å²) in [6, 6.07) is -1.47. The Hall–Kier alpha value is -1.03. The van der Waals surface area contributed by atoms with Crippen LogP contribution in [0.15, 0.2) is 0 Å². The number of hydrogen-bond acceptors (Lipinski definition) is 8. The number of rotatable bonds is 45. The van der Waals surface area contributed by atoms with Crippen LogP contribution in [0.5, 0.6) is 0 Å². The predicted octanol–water partition coefficient (Wildman–Crippen LogP) is 12.8. The van der Waals surface area contributed by atoms with E-state index in [9.17, 15) is 19.0 Å². The van der Waals surface area contributed by atoms with Crippen molar-refractivity contribution in [3.63, 3.8) is 0 Å². The van der Waals surface area contributed by atoms with E-state index in [1.165, 1.54) is 173 Å². The minimum absolute atomic E-state index is 0.0259. The molecule has 3 atom stereocenters. The fraction of sp³-hybridized carbons (Fsp3) is 0.955. The summed E-state index contributed by atoms with van der Waals surface area (Å²) in [4.78, 5) is 33.5. The Morgan fingerprint density at radius 1 is 0.509 bits per heavy atom. The van der Waals surface area contributed by atoms with Crippen LogP contribution >= 0.6 is 7.82 Å². The van der Waals surface area contributed by atoms with E-state index in [2.05, 4.69) is 13.8 Å². The number of carbonyl (C=O) groups excluding carboxylic acids is 1. The second kappa shape index (κ2) is 41.1. The molecular weight excluding hydrogens is 717 g/mol. The van der Waals surface area contributed by atoms with Crippen LogP contribution in [0, 0.1) is 0 Å². The van der Waals surface area contributed by atoms with Crippen molar-refractivity contribution < 1.29 is 42.7 Å². The summed E-state index contributed by atoms with van der Waals surface area (Å²) in [7, 11) is -4.61.